The van der Waals surface area contributed by atoms with Gasteiger partial charge in [-0.15, -0.1) is 0 Å². The number of nitrogens with one attached hydrogen (secondary N) is 1. The Labute approximate surface area is 131 Å². The highest BCUT2D eigenvalue weighted by molar-refractivity contribution is 7.99. The van der Waals surface area contributed by atoms with Gasteiger partial charge in [0.2, 0.25) is 0 Å². The summed E-state index contributed by atoms with van der Waals surface area (Å²) >= 11 is 7.69. The van der Waals surface area contributed by atoms with Gasteiger partial charge in [0.25, 0.3) is 0 Å². The van der Waals surface area contributed by atoms with E-state index in [1.165, 1.54) is 0 Å². The first-order chi connectivity index (χ1) is 10.1. The lowest BCUT2D eigenvalue weighted by atomic mass is 10.1. The maximum Gasteiger partial charge on any atom is 0.335 e. The lowest BCUT2D eigenvalue weighted by Crippen LogP contribution is -2.01. The highest BCUT2D eigenvalue weighted by atomic mass is 35.5. The smallest absolute Gasteiger partial charge is 0.335 e. The van der Waals surface area contributed by atoms with Crippen LogP contribution < -0.4 is 5.32 Å². The average molecular weight is 318 g/mol. The summed E-state index contributed by atoms with van der Waals surface area (Å²) in [7, 11) is 0. The monoisotopic (exact) mass is 317 g/mol. The number of hydrogen-bond donors (Lipinski definition) is 2. The van der Waals surface area contributed by atoms with Crippen LogP contribution in [0.3, 0.4) is 0 Å². The molecule has 1 heterocycles. The third-order valence-corrected chi connectivity index (χ3v) is 4.62. The van der Waals surface area contributed by atoms with E-state index in [4.69, 9.17) is 16.7 Å². The summed E-state index contributed by atoms with van der Waals surface area (Å²) in [4.78, 5) is 13.2. The minimum atomic E-state index is -0.934. The number of halogens is 1. The molecule has 0 aliphatic carbocycles. The summed E-state index contributed by atoms with van der Waals surface area (Å²) in [5.41, 5.74) is 2.99. The van der Waals surface area contributed by atoms with Crippen molar-refractivity contribution in [2.45, 2.75) is 16.7 Å². The molecule has 0 amide bonds. The van der Waals surface area contributed by atoms with Crippen LogP contribution in [0.15, 0.2) is 52.3 Å². The second-order valence-corrected chi connectivity index (χ2v) is 6.11. The third-order valence-electron chi connectivity index (χ3n) is 3.24. The van der Waals surface area contributed by atoms with Gasteiger partial charge in [0, 0.05) is 26.1 Å². The quantitative estimate of drug-likeness (QED) is 0.779. The molecule has 2 aromatic rings. The molecule has 0 bridgehead atoms. The van der Waals surface area contributed by atoms with Crippen LogP contribution in [0, 0.1) is 0 Å². The summed E-state index contributed by atoms with van der Waals surface area (Å²) in [6, 6.07) is 10.8. The second-order valence-electron chi connectivity index (χ2n) is 4.59. The summed E-state index contributed by atoms with van der Waals surface area (Å²) in [5, 5.41) is 13.1. The van der Waals surface area contributed by atoms with Crippen molar-refractivity contribution < 1.29 is 9.90 Å². The van der Waals surface area contributed by atoms with Crippen molar-refractivity contribution in [3.05, 3.63) is 58.6 Å². The number of benzene rings is 2. The number of anilines is 1. The van der Waals surface area contributed by atoms with Gasteiger partial charge in [-0.05, 0) is 43.3 Å². The van der Waals surface area contributed by atoms with Crippen molar-refractivity contribution in [2.24, 2.45) is 0 Å². The molecule has 0 saturated carbocycles. The van der Waals surface area contributed by atoms with E-state index < -0.39 is 5.97 Å². The lowest BCUT2D eigenvalue weighted by molar-refractivity contribution is 0.0697. The zero-order chi connectivity index (χ0) is 15.0. The molecule has 3 nitrogen and oxygen atoms in total. The fraction of sp³-hybridized carbons (Fsp3) is 0.0625. The van der Waals surface area contributed by atoms with Gasteiger partial charge in [-0.3, -0.25) is 0 Å². The zero-order valence-electron chi connectivity index (χ0n) is 11.2. The zero-order valence-corrected chi connectivity index (χ0v) is 12.8. The Balaban J connectivity index is 2.15. The van der Waals surface area contributed by atoms with E-state index >= 15 is 0 Å². The fourth-order valence-electron chi connectivity index (χ4n) is 2.21. The van der Waals surface area contributed by atoms with Crippen molar-refractivity contribution in [1.82, 2.24) is 0 Å². The predicted octanol–water partition coefficient (Wildman–Crippen LogP) is 4.98. The molecule has 0 spiro atoms. The Kier molecular flexibility index (Phi) is 3.66. The molecule has 106 valence electrons. The maximum atomic E-state index is 11.1. The molecule has 3 rings (SSSR count). The number of carbonyl (C=O) groups is 1. The Bertz CT molecular complexity index is 771. The molecule has 0 fully saturated rings. The molecule has 2 aromatic carbocycles. The van der Waals surface area contributed by atoms with Crippen LogP contribution in [0.5, 0.6) is 0 Å². The molecular formula is C16H12ClNO2S. The molecule has 0 saturated heterocycles. The number of rotatable bonds is 1. The van der Waals surface area contributed by atoms with Crippen molar-refractivity contribution in [1.29, 1.82) is 0 Å². The van der Waals surface area contributed by atoms with Gasteiger partial charge >= 0.3 is 5.97 Å². The largest absolute Gasteiger partial charge is 0.478 e. The van der Waals surface area contributed by atoms with Crippen molar-refractivity contribution >= 4 is 40.7 Å². The Morgan fingerprint density at radius 3 is 2.71 bits per heavy atom. The van der Waals surface area contributed by atoms with Gasteiger partial charge in [-0.25, -0.2) is 4.79 Å². The van der Waals surface area contributed by atoms with Crippen LogP contribution in [-0.4, -0.2) is 11.1 Å². The Hall–Kier alpha value is -1.91. The fourth-order valence-corrected chi connectivity index (χ4v) is 3.39. The standard InChI is InChI=1S/C16H12ClNO2S/c1-2-12-11-8-10(17)4-6-14(11)21-15-5-3-9(16(19)20)7-13(15)18-12/h2-8,18H,1H3,(H,19,20). The number of carboxylic acids is 1. The van der Waals surface area contributed by atoms with Gasteiger partial charge < -0.3 is 10.4 Å². The van der Waals surface area contributed by atoms with Crippen LogP contribution in [0.4, 0.5) is 5.69 Å². The SMILES string of the molecule is CC=C1Nc2cc(C(=O)O)ccc2Sc2ccc(Cl)cc21. The van der Waals surface area contributed by atoms with Crippen LogP contribution in [-0.2, 0) is 0 Å². The average Bonchev–Trinajstić information content (AvgIpc) is 2.62. The first-order valence-electron chi connectivity index (χ1n) is 6.37. The molecular weight excluding hydrogens is 306 g/mol. The predicted molar refractivity (Wildman–Crippen MR) is 86.3 cm³/mol. The van der Waals surface area contributed by atoms with E-state index in [0.717, 1.165) is 26.7 Å². The highest BCUT2D eigenvalue weighted by Crippen LogP contribution is 2.43. The normalized spacial score (nSPS) is 14.9. The summed E-state index contributed by atoms with van der Waals surface area (Å²) < 4.78 is 0. The number of fused-ring (bicyclic) bond motifs is 2. The van der Waals surface area contributed by atoms with E-state index in [9.17, 15) is 4.79 Å². The highest BCUT2D eigenvalue weighted by Gasteiger charge is 2.18. The van der Waals surface area contributed by atoms with Gasteiger partial charge in [-0.2, -0.15) is 0 Å². The van der Waals surface area contributed by atoms with Crippen molar-refractivity contribution in [3.63, 3.8) is 0 Å². The molecule has 1 aliphatic heterocycles. The van der Waals surface area contributed by atoms with E-state index in [-0.39, 0.29) is 5.56 Å². The van der Waals surface area contributed by atoms with Gasteiger partial charge in [0.15, 0.2) is 0 Å². The molecule has 21 heavy (non-hydrogen) atoms. The van der Waals surface area contributed by atoms with E-state index in [0.29, 0.717) is 5.02 Å². The van der Waals surface area contributed by atoms with E-state index in [1.54, 1.807) is 23.9 Å². The maximum absolute atomic E-state index is 11.1. The molecule has 0 radical (unpaired) electrons. The first kappa shape index (κ1) is 14.0. The Morgan fingerprint density at radius 1 is 1.24 bits per heavy atom. The first-order valence-corrected chi connectivity index (χ1v) is 7.56. The molecule has 2 N–H and O–H groups in total. The molecule has 5 heteroatoms. The molecule has 0 aromatic heterocycles. The number of carboxylic acid groups (broad SMARTS) is 1. The van der Waals surface area contributed by atoms with Gasteiger partial charge in [0.1, 0.15) is 0 Å². The van der Waals surface area contributed by atoms with Crippen molar-refractivity contribution in [2.75, 3.05) is 5.32 Å². The van der Waals surface area contributed by atoms with Crippen LogP contribution >= 0.6 is 23.4 Å². The molecule has 0 unspecified atom stereocenters. The van der Waals surface area contributed by atoms with Crippen molar-refractivity contribution in [3.8, 4) is 0 Å². The number of allylic oxidation sites excluding steroid dienone is 1. The summed E-state index contributed by atoms with van der Waals surface area (Å²) in [5.74, 6) is -0.934. The third kappa shape index (κ3) is 2.64. The minimum Gasteiger partial charge on any atom is -0.478 e. The second kappa shape index (κ2) is 5.47. The summed E-state index contributed by atoms with van der Waals surface area (Å²) in [6.07, 6.45) is 1.96. The van der Waals surface area contributed by atoms with Gasteiger partial charge in [-0.1, -0.05) is 29.4 Å². The lowest BCUT2D eigenvalue weighted by Gasteiger charge is -2.11. The minimum absolute atomic E-state index is 0.265. The van der Waals surface area contributed by atoms with Crippen LogP contribution in [0.25, 0.3) is 5.70 Å². The van der Waals surface area contributed by atoms with E-state index in [1.807, 2.05) is 37.3 Å². The summed E-state index contributed by atoms with van der Waals surface area (Å²) in [6.45, 7) is 1.93. The van der Waals surface area contributed by atoms with E-state index in [2.05, 4.69) is 5.32 Å². The molecule has 1 aliphatic rings. The Morgan fingerprint density at radius 2 is 2.00 bits per heavy atom. The van der Waals surface area contributed by atoms with Gasteiger partial charge in [0.05, 0.1) is 11.3 Å². The number of aromatic carboxylic acids is 1. The van der Waals surface area contributed by atoms with Crippen LogP contribution in [0.1, 0.15) is 22.8 Å². The topological polar surface area (TPSA) is 49.3 Å². The van der Waals surface area contributed by atoms with Crippen LogP contribution in [0.2, 0.25) is 5.02 Å². The molecule has 0 atom stereocenters. The number of hydrogen-bond acceptors (Lipinski definition) is 3.